The van der Waals surface area contributed by atoms with Gasteiger partial charge in [-0.25, -0.2) is 19.2 Å². The third kappa shape index (κ3) is 4.09. The molecule has 0 amide bonds. The smallest absolute Gasteiger partial charge is 0.350 e. The van der Waals surface area contributed by atoms with Crippen LogP contribution in [0, 0.1) is 19.7 Å². The molecule has 2 aromatic carbocycles. The van der Waals surface area contributed by atoms with Crippen molar-refractivity contribution in [2.75, 3.05) is 0 Å². The quantitative estimate of drug-likeness (QED) is 0.404. The van der Waals surface area contributed by atoms with Crippen LogP contribution in [0.4, 0.5) is 4.39 Å². The highest BCUT2D eigenvalue weighted by Crippen LogP contribution is 2.29. The lowest BCUT2D eigenvalue weighted by Gasteiger charge is -2.01. The molecule has 7 heteroatoms. The van der Waals surface area contributed by atoms with Crippen molar-refractivity contribution in [3.05, 3.63) is 82.4 Å². The zero-order valence-electron chi connectivity index (χ0n) is 15.8. The van der Waals surface area contributed by atoms with Gasteiger partial charge in [-0.2, -0.15) is 0 Å². The van der Waals surface area contributed by atoms with E-state index in [1.54, 1.807) is 26.0 Å². The van der Waals surface area contributed by atoms with Gasteiger partial charge in [0.2, 0.25) is 5.89 Å². The molecule has 0 aliphatic rings. The van der Waals surface area contributed by atoms with E-state index in [4.69, 9.17) is 9.15 Å². The summed E-state index contributed by atoms with van der Waals surface area (Å²) in [6.07, 6.45) is 0. The molecule has 0 aliphatic carbocycles. The Bertz CT molecular complexity index is 1150. The monoisotopic (exact) mass is 408 g/mol. The topological polar surface area (TPSA) is 65.2 Å². The number of rotatable bonds is 5. The number of aryl methyl sites for hydroxylation is 2. The van der Waals surface area contributed by atoms with E-state index < -0.39 is 5.97 Å². The maximum atomic E-state index is 13.1. The summed E-state index contributed by atoms with van der Waals surface area (Å²) < 4.78 is 24.2. The van der Waals surface area contributed by atoms with Crippen molar-refractivity contribution >= 4 is 17.3 Å². The third-order valence-electron chi connectivity index (χ3n) is 4.33. The van der Waals surface area contributed by atoms with Crippen molar-refractivity contribution in [1.82, 2.24) is 9.97 Å². The maximum absolute atomic E-state index is 13.1. The highest BCUT2D eigenvalue weighted by Gasteiger charge is 2.19. The van der Waals surface area contributed by atoms with Crippen molar-refractivity contribution in [3.8, 4) is 22.0 Å². The number of esters is 1. The molecule has 0 spiro atoms. The first-order valence-corrected chi connectivity index (χ1v) is 9.75. The standard InChI is InChI=1S/C22H17FN2O3S/c1-13-19(29-21(24-13)16-8-10-17(23)11-9-16)22(26)27-12-18-14(2)28-20(25-18)15-6-4-3-5-7-15/h3-11H,12H2,1-2H3. The van der Waals surface area contributed by atoms with Crippen LogP contribution in [0.2, 0.25) is 0 Å². The van der Waals surface area contributed by atoms with E-state index in [0.29, 0.717) is 32.9 Å². The van der Waals surface area contributed by atoms with E-state index in [1.807, 2.05) is 30.3 Å². The molecule has 0 N–H and O–H groups in total. The molecule has 2 heterocycles. The number of thiazole rings is 1. The minimum absolute atomic E-state index is 0.00419. The number of ether oxygens (including phenoxy) is 1. The average Bonchev–Trinajstić information content (AvgIpc) is 3.30. The number of benzene rings is 2. The number of carbonyl (C=O) groups is 1. The fourth-order valence-corrected chi connectivity index (χ4v) is 3.73. The fraction of sp³-hybridized carbons (Fsp3) is 0.136. The van der Waals surface area contributed by atoms with Gasteiger partial charge < -0.3 is 9.15 Å². The lowest BCUT2D eigenvalue weighted by Crippen LogP contribution is -2.05. The third-order valence-corrected chi connectivity index (χ3v) is 5.51. The first kappa shape index (κ1) is 19.0. The van der Waals surface area contributed by atoms with Crippen LogP contribution >= 0.6 is 11.3 Å². The molecule has 5 nitrogen and oxygen atoms in total. The summed E-state index contributed by atoms with van der Waals surface area (Å²) in [7, 11) is 0. The number of carbonyl (C=O) groups excluding carboxylic acids is 1. The van der Waals surface area contributed by atoms with Crippen LogP contribution < -0.4 is 0 Å². The van der Waals surface area contributed by atoms with Crippen LogP contribution in [0.15, 0.2) is 59.0 Å². The molecule has 0 saturated carbocycles. The van der Waals surface area contributed by atoms with Gasteiger partial charge in [0.15, 0.2) is 0 Å². The van der Waals surface area contributed by atoms with Crippen molar-refractivity contribution < 1.29 is 18.3 Å². The van der Waals surface area contributed by atoms with Crippen LogP contribution in [0.5, 0.6) is 0 Å². The predicted molar refractivity (Wildman–Crippen MR) is 108 cm³/mol. The van der Waals surface area contributed by atoms with E-state index in [9.17, 15) is 9.18 Å². The molecule has 146 valence electrons. The fourth-order valence-electron chi connectivity index (χ4n) is 2.77. The predicted octanol–water partition coefficient (Wildman–Crippen LogP) is 5.58. The molecule has 0 atom stereocenters. The zero-order chi connectivity index (χ0) is 20.4. The summed E-state index contributed by atoms with van der Waals surface area (Å²) >= 11 is 1.22. The zero-order valence-corrected chi connectivity index (χ0v) is 16.6. The molecular formula is C22H17FN2O3S. The van der Waals surface area contributed by atoms with Gasteiger partial charge in [0, 0.05) is 11.1 Å². The van der Waals surface area contributed by atoms with Crippen LogP contribution in [-0.4, -0.2) is 15.9 Å². The molecule has 0 fully saturated rings. The Morgan fingerprint density at radius 1 is 1.03 bits per heavy atom. The number of nitrogens with zero attached hydrogens (tertiary/aromatic N) is 2. The molecule has 0 unspecified atom stereocenters. The molecule has 29 heavy (non-hydrogen) atoms. The van der Waals surface area contributed by atoms with Gasteiger partial charge in [0.1, 0.15) is 33.8 Å². The second-order valence-electron chi connectivity index (χ2n) is 6.40. The van der Waals surface area contributed by atoms with Crippen LogP contribution in [0.1, 0.15) is 26.8 Å². The molecular weight excluding hydrogens is 391 g/mol. The summed E-state index contributed by atoms with van der Waals surface area (Å²) in [6.45, 7) is 3.53. The lowest BCUT2D eigenvalue weighted by atomic mass is 10.2. The highest BCUT2D eigenvalue weighted by atomic mass is 32.1. The Labute approximate surface area is 170 Å². The lowest BCUT2D eigenvalue weighted by molar-refractivity contribution is 0.0471. The molecule has 4 rings (SSSR count). The Morgan fingerprint density at radius 3 is 2.48 bits per heavy atom. The summed E-state index contributed by atoms with van der Waals surface area (Å²) in [5.41, 5.74) is 2.74. The van der Waals surface area contributed by atoms with E-state index in [2.05, 4.69) is 9.97 Å². The molecule has 0 bridgehead atoms. The summed E-state index contributed by atoms with van der Waals surface area (Å²) in [6, 6.07) is 15.5. The first-order valence-electron chi connectivity index (χ1n) is 8.93. The van der Waals surface area contributed by atoms with Gasteiger partial charge in [0.05, 0.1) is 5.69 Å². The van der Waals surface area contributed by atoms with E-state index >= 15 is 0 Å². The summed E-state index contributed by atoms with van der Waals surface area (Å²) in [5, 5.41) is 0.637. The Balaban J connectivity index is 1.48. The molecule has 0 saturated heterocycles. The van der Waals surface area contributed by atoms with Crippen molar-refractivity contribution in [3.63, 3.8) is 0 Å². The molecule has 4 aromatic rings. The first-order chi connectivity index (χ1) is 14.0. The number of oxazole rings is 1. The summed E-state index contributed by atoms with van der Waals surface area (Å²) in [5.74, 6) is 0.294. The molecule has 0 aliphatic heterocycles. The second-order valence-corrected chi connectivity index (χ2v) is 7.40. The minimum Gasteiger partial charge on any atom is -0.455 e. The minimum atomic E-state index is -0.475. The van der Waals surface area contributed by atoms with Crippen molar-refractivity contribution in [2.24, 2.45) is 0 Å². The van der Waals surface area contributed by atoms with Crippen LogP contribution in [0.25, 0.3) is 22.0 Å². The van der Waals surface area contributed by atoms with Gasteiger partial charge in [-0.15, -0.1) is 11.3 Å². The normalized spacial score (nSPS) is 10.9. The van der Waals surface area contributed by atoms with Gasteiger partial charge in [-0.1, -0.05) is 18.2 Å². The van der Waals surface area contributed by atoms with Gasteiger partial charge >= 0.3 is 5.97 Å². The van der Waals surface area contributed by atoms with E-state index in [1.165, 1.54) is 23.5 Å². The van der Waals surface area contributed by atoms with Gasteiger partial charge in [0.25, 0.3) is 0 Å². The Morgan fingerprint density at radius 2 is 1.76 bits per heavy atom. The number of aromatic nitrogens is 2. The SMILES string of the molecule is Cc1nc(-c2ccc(F)cc2)sc1C(=O)OCc1nc(-c2ccccc2)oc1C. The largest absolute Gasteiger partial charge is 0.455 e. The van der Waals surface area contributed by atoms with E-state index in [-0.39, 0.29) is 12.4 Å². The maximum Gasteiger partial charge on any atom is 0.350 e. The van der Waals surface area contributed by atoms with Crippen molar-refractivity contribution in [2.45, 2.75) is 20.5 Å². The van der Waals surface area contributed by atoms with Crippen molar-refractivity contribution in [1.29, 1.82) is 0 Å². The Hall–Kier alpha value is -3.32. The number of halogens is 1. The Kier molecular flexibility index (Phi) is 5.22. The van der Waals surface area contributed by atoms with Crippen LogP contribution in [-0.2, 0) is 11.3 Å². The number of hydrogen-bond acceptors (Lipinski definition) is 6. The second kappa shape index (κ2) is 7.97. The average molecular weight is 408 g/mol. The van der Waals surface area contributed by atoms with E-state index in [0.717, 1.165) is 11.1 Å². The molecule has 2 aromatic heterocycles. The van der Waals surface area contributed by atoms with Crippen LogP contribution in [0.3, 0.4) is 0 Å². The number of hydrogen-bond donors (Lipinski definition) is 0. The molecule has 0 radical (unpaired) electrons. The summed E-state index contributed by atoms with van der Waals surface area (Å²) in [4.78, 5) is 21.8. The van der Waals surface area contributed by atoms with Gasteiger partial charge in [-0.3, -0.25) is 0 Å². The van der Waals surface area contributed by atoms with Gasteiger partial charge in [-0.05, 0) is 50.2 Å². The highest BCUT2D eigenvalue weighted by molar-refractivity contribution is 7.17.